The molecule has 1 N–H and O–H groups in total. The summed E-state index contributed by atoms with van der Waals surface area (Å²) in [6.45, 7) is 6.29. The molecule has 2 rings (SSSR count). The van der Waals surface area contributed by atoms with Crippen LogP contribution in [0.1, 0.15) is 104 Å². The Morgan fingerprint density at radius 2 is 1.61 bits per heavy atom. The summed E-state index contributed by atoms with van der Waals surface area (Å²) in [7, 11) is 0. The number of allylic oxidation sites excluding steroid dienone is 2. The molecule has 1 saturated heterocycles. The molecule has 4 atom stereocenters. The van der Waals surface area contributed by atoms with E-state index in [0.29, 0.717) is 6.42 Å². The number of aliphatic hydroxyl groups excluding tert-OH is 1. The van der Waals surface area contributed by atoms with E-state index in [1.165, 1.54) is 38.5 Å². The second kappa shape index (κ2) is 18.4. The van der Waals surface area contributed by atoms with E-state index < -0.39 is 42.1 Å². The smallest absolute Gasteiger partial charge is 0.550 e. The third-order valence-corrected chi connectivity index (χ3v) is 6.79. The van der Waals surface area contributed by atoms with Crippen molar-refractivity contribution in [1.29, 1.82) is 0 Å². The zero-order valence-corrected chi connectivity index (χ0v) is 24.8. The molecule has 4 unspecified atom stereocenters. The van der Waals surface area contributed by atoms with Crippen LogP contribution in [0.5, 0.6) is 0 Å². The maximum absolute atomic E-state index is 12.0. The van der Waals surface area contributed by atoms with Crippen LogP contribution in [0.2, 0.25) is 0 Å². The molecule has 0 saturated carbocycles. The van der Waals surface area contributed by atoms with Gasteiger partial charge < -0.3 is 29.2 Å². The van der Waals surface area contributed by atoms with Crippen LogP contribution >= 0.6 is 0 Å². The Kier molecular flexibility index (Phi) is 17.0. The van der Waals surface area contributed by atoms with Gasteiger partial charge in [0.25, 0.3) is 0 Å². The number of carbonyl (C=O) groups excluding carboxylic acids is 2. The second-order valence-corrected chi connectivity index (χ2v) is 10.1. The topological polar surface area (TPSA) is 105 Å². The van der Waals surface area contributed by atoms with Crippen LogP contribution < -0.4 is 34.7 Å². The van der Waals surface area contributed by atoms with Crippen LogP contribution in [0, 0.1) is 11.8 Å². The molecule has 8 heteroatoms. The fourth-order valence-electron chi connectivity index (χ4n) is 4.72. The van der Waals surface area contributed by atoms with Crippen molar-refractivity contribution < 1.29 is 63.6 Å². The summed E-state index contributed by atoms with van der Waals surface area (Å²) < 4.78 is 16.7. The monoisotopic (exact) mass is 516 g/mol. The van der Waals surface area contributed by atoms with Crippen LogP contribution in [0.15, 0.2) is 23.5 Å². The van der Waals surface area contributed by atoms with Crippen LogP contribution in [0.3, 0.4) is 0 Å². The molecule has 0 amide bonds. The van der Waals surface area contributed by atoms with Gasteiger partial charge in [-0.3, -0.25) is 0 Å². The zero-order chi connectivity index (χ0) is 25.6. The molecule has 0 aromatic carbocycles. The predicted octanol–water partition coefficient (Wildman–Crippen LogP) is 2.14. The normalized spacial score (nSPS) is 22.9. The number of carboxylic acid groups (broad SMARTS) is 1. The number of carboxylic acids is 1. The summed E-state index contributed by atoms with van der Waals surface area (Å²) >= 11 is 0. The van der Waals surface area contributed by atoms with Gasteiger partial charge >= 0.3 is 35.5 Å². The molecular weight excluding hydrogens is 471 g/mol. The molecule has 36 heavy (non-hydrogen) atoms. The van der Waals surface area contributed by atoms with Crippen molar-refractivity contribution in [2.24, 2.45) is 11.8 Å². The van der Waals surface area contributed by atoms with Crippen molar-refractivity contribution in [2.45, 2.75) is 123 Å². The van der Waals surface area contributed by atoms with E-state index in [9.17, 15) is 19.8 Å². The van der Waals surface area contributed by atoms with E-state index in [1.807, 2.05) is 13.8 Å². The second-order valence-electron chi connectivity index (χ2n) is 10.1. The van der Waals surface area contributed by atoms with Crippen LogP contribution in [0.25, 0.3) is 0 Å². The van der Waals surface area contributed by atoms with Crippen molar-refractivity contribution in [3.05, 3.63) is 23.5 Å². The number of carbonyl (C=O) groups is 2. The molecule has 0 aromatic rings. The molecule has 1 fully saturated rings. The molecule has 200 valence electrons. The molecule has 2 heterocycles. The number of hydrogen-bond acceptors (Lipinski definition) is 7. The van der Waals surface area contributed by atoms with Gasteiger partial charge in [0, 0.05) is 23.4 Å². The van der Waals surface area contributed by atoms with Crippen molar-refractivity contribution in [3.8, 4) is 0 Å². The standard InChI is InChI=1S/C28H46O7.Na/c1-4-5-6-7-8-9-10-11-12-13-14-15-16-17-18-21(26(30)31)23-24(29)27(32)35-25(23)22-19-33-28(34-22)20(2)3;/h11-12,20-22,25,28-29H,4-10,13-19H2,1-3H3,(H,30,31);/q;+1/p-1/b12-11-;. The van der Waals surface area contributed by atoms with E-state index in [4.69, 9.17) is 14.2 Å². The average molecular weight is 517 g/mol. The summed E-state index contributed by atoms with van der Waals surface area (Å²) in [5.41, 5.74) is 0.0608. The van der Waals surface area contributed by atoms with Crippen LogP contribution in [0.4, 0.5) is 0 Å². The van der Waals surface area contributed by atoms with E-state index in [-0.39, 0.29) is 54.1 Å². The predicted molar refractivity (Wildman–Crippen MR) is 132 cm³/mol. The Bertz CT molecular complexity index is 719. The molecule has 2 aliphatic heterocycles. The first-order valence-electron chi connectivity index (χ1n) is 13.6. The van der Waals surface area contributed by atoms with Crippen molar-refractivity contribution in [2.75, 3.05) is 6.61 Å². The van der Waals surface area contributed by atoms with E-state index >= 15 is 0 Å². The Hall–Kier alpha value is -0.860. The van der Waals surface area contributed by atoms with Gasteiger partial charge in [0.1, 0.15) is 6.10 Å². The van der Waals surface area contributed by atoms with E-state index in [1.54, 1.807) is 0 Å². The SMILES string of the molecule is CCCCCCCC/C=C\CCCCCCC(C(=O)[O-])C1=C(O)C(=O)OC1C1COC(C(C)C)O1.[Na+]. The third kappa shape index (κ3) is 10.9. The number of aliphatic hydroxyl groups is 1. The quantitative estimate of drug-likeness (QED) is 0.129. The molecule has 0 aromatic heterocycles. The fourth-order valence-corrected chi connectivity index (χ4v) is 4.72. The third-order valence-electron chi connectivity index (χ3n) is 6.79. The molecule has 0 radical (unpaired) electrons. The van der Waals surface area contributed by atoms with Gasteiger partial charge in [0.15, 0.2) is 12.4 Å². The Balaban J connectivity index is 0.00000648. The molecule has 0 bridgehead atoms. The Labute approximate surface area is 239 Å². The largest absolute Gasteiger partial charge is 1.00 e. The van der Waals surface area contributed by atoms with Gasteiger partial charge in [-0.1, -0.05) is 84.3 Å². The van der Waals surface area contributed by atoms with E-state index in [2.05, 4.69) is 19.1 Å². The van der Waals surface area contributed by atoms with Gasteiger partial charge in [0.05, 0.1) is 6.61 Å². The Morgan fingerprint density at radius 3 is 2.17 bits per heavy atom. The number of unbranched alkanes of at least 4 members (excludes halogenated alkanes) is 10. The van der Waals surface area contributed by atoms with Gasteiger partial charge in [-0.15, -0.1) is 0 Å². The number of rotatable bonds is 18. The summed E-state index contributed by atoms with van der Waals surface area (Å²) in [6, 6.07) is 0. The van der Waals surface area contributed by atoms with Crippen molar-refractivity contribution in [1.82, 2.24) is 0 Å². The summed E-state index contributed by atoms with van der Waals surface area (Å²) in [5.74, 6) is -3.85. The van der Waals surface area contributed by atoms with Gasteiger partial charge in [0.2, 0.25) is 5.76 Å². The zero-order valence-electron chi connectivity index (χ0n) is 22.8. The molecular formula is C28H45NaO7. The first-order valence-corrected chi connectivity index (χ1v) is 13.6. The van der Waals surface area contributed by atoms with E-state index in [0.717, 1.165) is 32.1 Å². The van der Waals surface area contributed by atoms with Gasteiger partial charge in [-0.05, 0) is 32.1 Å². The maximum Gasteiger partial charge on any atom is 1.00 e. The molecule has 0 spiro atoms. The molecule has 2 aliphatic rings. The number of ether oxygens (including phenoxy) is 3. The summed E-state index contributed by atoms with van der Waals surface area (Å²) in [4.78, 5) is 24.0. The number of esters is 1. The minimum atomic E-state index is -1.31. The maximum atomic E-state index is 12.0. The van der Waals surface area contributed by atoms with Crippen LogP contribution in [-0.4, -0.2) is 42.1 Å². The number of cyclic esters (lactones) is 1. The minimum absolute atomic E-state index is 0. The first-order chi connectivity index (χ1) is 16.9. The molecule has 7 nitrogen and oxygen atoms in total. The van der Waals surface area contributed by atoms with Gasteiger partial charge in [-0.25, -0.2) is 4.79 Å². The van der Waals surface area contributed by atoms with Crippen LogP contribution in [-0.2, 0) is 23.8 Å². The van der Waals surface area contributed by atoms with Crippen molar-refractivity contribution >= 4 is 11.9 Å². The Morgan fingerprint density at radius 1 is 1.03 bits per heavy atom. The fraction of sp³-hybridized carbons (Fsp3) is 0.786. The first kappa shape index (κ1) is 33.2. The number of hydrogen-bond donors (Lipinski definition) is 1. The minimum Gasteiger partial charge on any atom is -0.550 e. The van der Waals surface area contributed by atoms with Crippen molar-refractivity contribution in [3.63, 3.8) is 0 Å². The summed E-state index contributed by atoms with van der Waals surface area (Å²) in [5, 5.41) is 22.2. The summed E-state index contributed by atoms with van der Waals surface area (Å²) in [6.07, 6.45) is 16.4. The average Bonchev–Trinajstić information content (AvgIpc) is 3.42. The molecule has 0 aliphatic carbocycles. The number of aliphatic carboxylic acids is 1. The van der Waals surface area contributed by atoms with Gasteiger partial charge in [-0.2, -0.15) is 0 Å².